The Balaban J connectivity index is 2.27. The molecule has 0 heterocycles. The highest BCUT2D eigenvalue weighted by Gasteiger charge is 2.45. The quantitative estimate of drug-likeness (QED) is 0.428. The number of unbranched alkanes of at least 4 members (excludes halogenated alkanes) is 4. The highest BCUT2D eigenvalue weighted by Crippen LogP contribution is 2.45. The first kappa shape index (κ1) is 21.3. The van der Waals surface area contributed by atoms with E-state index in [1.165, 1.54) is 12.1 Å². The molecule has 0 fully saturated rings. The summed E-state index contributed by atoms with van der Waals surface area (Å²) in [6.07, 6.45) is 3.78. The molecule has 0 amide bonds. The number of carbonyl (C=O) groups is 2. The molecule has 2 rings (SSSR count). The van der Waals surface area contributed by atoms with Crippen molar-refractivity contribution in [2.45, 2.75) is 50.4 Å². The van der Waals surface area contributed by atoms with E-state index in [4.69, 9.17) is 5.11 Å². The minimum absolute atomic E-state index is 0.130. The molecule has 2 aromatic rings. The summed E-state index contributed by atoms with van der Waals surface area (Å²) in [5.41, 5.74) is -1.08. The molecule has 6 nitrogen and oxygen atoms in total. The Labute approximate surface area is 164 Å². The van der Waals surface area contributed by atoms with Gasteiger partial charge in [0.2, 0.25) is 0 Å². The molecule has 0 radical (unpaired) electrons. The molecule has 28 heavy (non-hydrogen) atoms. The Hall–Kier alpha value is -3.02. The van der Waals surface area contributed by atoms with Crippen molar-refractivity contribution in [1.29, 1.82) is 0 Å². The average Bonchev–Trinajstić information content (AvgIpc) is 2.65. The average molecular weight is 386 g/mol. The summed E-state index contributed by atoms with van der Waals surface area (Å²) < 4.78 is 0. The van der Waals surface area contributed by atoms with Crippen LogP contribution in [0, 0.1) is 0 Å². The maximum Gasteiger partial charge on any atom is 0.318 e. The van der Waals surface area contributed by atoms with Crippen LogP contribution in [-0.2, 0) is 15.0 Å². The van der Waals surface area contributed by atoms with E-state index >= 15 is 0 Å². The van der Waals surface area contributed by atoms with E-state index in [0.29, 0.717) is 12.8 Å². The molecule has 6 heteroatoms. The SMILES string of the molecule is O=C(O)CCCCCCCC(C(=O)O)(c1ccccc1O)c1ccccc1O. The van der Waals surface area contributed by atoms with Crippen molar-refractivity contribution in [2.75, 3.05) is 0 Å². The summed E-state index contributed by atoms with van der Waals surface area (Å²) in [6.45, 7) is 0. The van der Waals surface area contributed by atoms with Crippen molar-refractivity contribution in [1.82, 2.24) is 0 Å². The Bertz CT molecular complexity index is 769. The van der Waals surface area contributed by atoms with Crippen LogP contribution < -0.4 is 0 Å². The molecule has 0 aliphatic carbocycles. The molecule has 0 spiro atoms. The van der Waals surface area contributed by atoms with Gasteiger partial charge in [0.05, 0.1) is 0 Å². The molecule has 0 saturated heterocycles. The van der Waals surface area contributed by atoms with Crippen molar-refractivity contribution in [3.05, 3.63) is 59.7 Å². The number of hydrogen-bond acceptors (Lipinski definition) is 4. The molecule has 0 saturated carbocycles. The van der Waals surface area contributed by atoms with Crippen LogP contribution in [0.4, 0.5) is 0 Å². The van der Waals surface area contributed by atoms with Crippen LogP contribution in [0.15, 0.2) is 48.5 Å². The Morgan fingerprint density at radius 1 is 0.714 bits per heavy atom. The Morgan fingerprint density at radius 3 is 1.64 bits per heavy atom. The Kier molecular flexibility index (Phi) is 7.44. The number of rotatable bonds is 11. The lowest BCUT2D eigenvalue weighted by Gasteiger charge is -2.32. The molecule has 0 atom stereocenters. The fourth-order valence-electron chi connectivity index (χ4n) is 3.62. The van der Waals surface area contributed by atoms with Crippen molar-refractivity contribution in [3.8, 4) is 11.5 Å². The molecule has 0 aliphatic rings. The summed E-state index contributed by atoms with van der Waals surface area (Å²) in [7, 11) is 0. The molecule has 0 unspecified atom stereocenters. The molecule has 0 bridgehead atoms. The number of carboxylic acid groups (broad SMARTS) is 2. The summed E-state index contributed by atoms with van der Waals surface area (Å²) in [5, 5.41) is 39.6. The number of aliphatic carboxylic acids is 2. The zero-order valence-electron chi connectivity index (χ0n) is 15.7. The number of carboxylic acids is 2. The lowest BCUT2D eigenvalue weighted by molar-refractivity contribution is -0.142. The third kappa shape index (κ3) is 4.82. The predicted molar refractivity (Wildman–Crippen MR) is 105 cm³/mol. The van der Waals surface area contributed by atoms with Crippen LogP contribution in [-0.4, -0.2) is 32.4 Å². The number of para-hydroxylation sites is 2. The van der Waals surface area contributed by atoms with Gasteiger partial charge in [0.1, 0.15) is 16.9 Å². The van der Waals surface area contributed by atoms with Crippen LogP contribution in [0.3, 0.4) is 0 Å². The molecule has 150 valence electrons. The van der Waals surface area contributed by atoms with Gasteiger partial charge in [0.15, 0.2) is 0 Å². The molecule has 4 N–H and O–H groups in total. The van der Waals surface area contributed by atoms with Crippen molar-refractivity contribution in [3.63, 3.8) is 0 Å². The summed E-state index contributed by atoms with van der Waals surface area (Å²) in [4.78, 5) is 23.0. The maximum absolute atomic E-state index is 12.5. The van der Waals surface area contributed by atoms with E-state index in [9.17, 15) is 24.9 Å². The smallest absolute Gasteiger partial charge is 0.318 e. The van der Waals surface area contributed by atoms with Crippen LogP contribution in [0.1, 0.15) is 56.1 Å². The van der Waals surface area contributed by atoms with E-state index in [1.54, 1.807) is 36.4 Å². The predicted octanol–water partition coefficient (Wildman–Crippen LogP) is 4.28. The first-order valence-corrected chi connectivity index (χ1v) is 9.41. The number of phenolic OH excluding ortho intramolecular Hbond substituents is 2. The molecular formula is C22H26O6. The normalized spacial score (nSPS) is 11.3. The van der Waals surface area contributed by atoms with Gasteiger partial charge in [-0.15, -0.1) is 0 Å². The fraction of sp³-hybridized carbons (Fsp3) is 0.364. The van der Waals surface area contributed by atoms with Gasteiger partial charge >= 0.3 is 11.9 Å². The monoisotopic (exact) mass is 386 g/mol. The van der Waals surface area contributed by atoms with E-state index in [-0.39, 0.29) is 35.5 Å². The Morgan fingerprint density at radius 2 is 1.18 bits per heavy atom. The van der Waals surface area contributed by atoms with E-state index in [0.717, 1.165) is 19.3 Å². The number of phenols is 2. The first-order valence-electron chi connectivity index (χ1n) is 9.41. The van der Waals surface area contributed by atoms with Gasteiger partial charge in [-0.25, -0.2) is 0 Å². The number of benzene rings is 2. The standard InChI is InChI=1S/C22H26O6/c23-18-12-7-5-10-16(18)22(21(27)28,17-11-6-8-13-19(17)24)15-9-3-1-2-4-14-20(25)26/h5-8,10-13,23-24H,1-4,9,14-15H2,(H,25,26)(H,27,28). The highest BCUT2D eigenvalue weighted by molar-refractivity contribution is 5.88. The van der Waals surface area contributed by atoms with Crippen molar-refractivity contribution < 1.29 is 30.0 Å². The first-order chi connectivity index (χ1) is 13.4. The third-order valence-electron chi connectivity index (χ3n) is 5.04. The van der Waals surface area contributed by atoms with Crippen molar-refractivity contribution in [2.24, 2.45) is 0 Å². The zero-order valence-corrected chi connectivity index (χ0v) is 15.7. The second-order valence-corrected chi connectivity index (χ2v) is 6.91. The van der Waals surface area contributed by atoms with Gasteiger partial charge in [-0.05, 0) is 25.0 Å². The lowest BCUT2D eigenvalue weighted by atomic mass is 9.70. The van der Waals surface area contributed by atoms with E-state index in [1.807, 2.05) is 0 Å². The van der Waals surface area contributed by atoms with Gasteiger partial charge in [0, 0.05) is 17.5 Å². The third-order valence-corrected chi connectivity index (χ3v) is 5.04. The summed E-state index contributed by atoms with van der Waals surface area (Å²) in [6, 6.07) is 12.6. The minimum atomic E-state index is -1.57. The number of aromatic hydroxyl groups is 2. The van der Waals surface area contributed by atoms with Crippen LogP contribution in [0.2, 0.25) is 0 Å². The molecule has 0 aromatic heterocycles. The maximum atomic E-state index is 12.5. The molecule has 2 aromatic carbocycles. The van der Waals surface area contributed by atoms with Gasteiger partial charge in [-0.1, -0.05) is 62.1 Å². The topological polar surface area (TPSA) is 115 Å². The van der Waals surface area contributed by atoms with E-state index in [2.05, 4.69) is 0 Å². The van der Waals surface area contributed by atoms with E-state index < -0.39 is 17.4 Å². The molecular weight excluding hydrogens is 360 g/mol. The second-order valence-electron chi connectivity index (χ2n) is 6.91. The highest BCUT2D eigenvalue weighted by atomic mass is 16.4. The van der Waals surface area contributed by atoms with Crippen LogP contribution in [0.5, 0.6) is 11.5 Å². The van der Waals surface area contributed by atoms with Gasteiger partial charge < -0.3 is 20.4 Å². The van der Waals surface area contributed by atoms with Gasteiger partial charge in [-0.2, -0.15) is 0 Å². The second kappa shape index (κ2) is 9.78. The minimum Gasteiger partial charge on any atom is -0.508 e. The number of hydrogen-bond donors (Lipinski definition) is 4. The van der Waals surface area contributed by atoms with Crippen LogP contribution >= 0.6 is 0 Å². The largest absolute Gasteiger partial charge is 0.508 e. The van der Waals surface area contributed by atoms with Gasteiger partial charge in [0.25, 0.3) is 0 Å². The zero-order chi connectivity index (χ0) is 20.6. The lowest BCUT2D eigenvalue weighted by Crippen LogP contribution is -2.37. The van der Waals surface area contributed by atoms with Crippen molar-refractivity contribution >= 4 is 11.9 Å². The van der Waals surface area contributed by atoms with Crippen LogP contribution in [0.25, 0.3) is 0 Å². The summed E-state index contributed by atoms with van der Waals surface area (Å²) in [5.74, 6) is -2.21. The molecule has 0 aliphatic heterocycles. The summed E-state index contributed by atoms with van der Waals surface area (Å²) >= 11 is 0. The fourth-order valence-corrected chi connectivity index (χ4v) is 3.62. The van der Waals surface area contributed by atoms with Gasteiger partial charge in [-0.3, -0.25) is 9.59 Å².